The lowest BCUT2D eigenvalue weighted by atomic mass is 9.94. The minimum atomic E-state index is -4.12. The average Bonchev–Trinajstić information content (AvgIpc) is 3.27. The molecule has 13 heteroatoms. The second-order valence-electron chi connectivity index (χ2n) is 9.80. The van der Waals surface area contributed by atoms with Gasteiger partial charge in [-0.3, -0.25) is 19.1 Å². The van der Waals surface area contributed by atoms with E-state index in [1.807, 2.05) is 4.90 Å². The van der Waals surface area contributed by atoms with Crippen LogP contribution in [0.4, 0.5) is 0 Å². The molecule has 1 aromatic heterocycles. The Bertz CT molecular complexity index is 1270. The third-order valence-corrected chi connectivity index (χ3v) is 8.46. The van der Waals surface area contributed by atoms with Crippen LogP contribution in [-0.2, 0) is 21.4 Å². The van der Waals surface area contributed by atoms with Gasteiger partial charge in [0.2, 0.25) is 10.0 Å². The van der Waals surface area contributed by atoms with Gasteiger partial charge in [-0.25, -0.2) is 8.42 Å². The number of piperidine rings is 1. The minimum Gasteiger partial charge on any atom is -0.480 e. The van der Waals surface area contributed by atoms with E-state index in [1.54, 1.807) is 19.1 Å². The molecule has 38 heavy (non-hydrogen) atoms. The van der Waals surface area contributed by atoms with Gasteiger partial charge in [-0.1, -0.05) is 17.7 Å². The average molecular weight is 549 g/mol. The largest absolute Gasteiger partial charge is 0.480 e. The Morgan fingerprint density at radius 1 is 1.18 bits per heavy atom. The van der Waals surface area contributed by atoms with E-state index in [2.05, 4.69) is 20.5 Å². The summed E-state index contributed by atoms with van der Waals surface area (Å²) in [6, 6.07) is 5.76. The van der Waals surface area contributed by atoms with Crippen molar-refractivity contribution in [3.05, 3.63) is 47.3 Å². The summed E-state index contributed by atoms with van der Waals surface area (Å²) in [7, 11) is -4.12. The van der Waals surface area contributed by atoms with Crippen molar-refractivity contribution in [2.45, 2.75) is 50.1 Å². The summed E-state index contributed by atoms with van der Waals surface area (Å²) in [4.78, 5) is 39.4. The maximum atomic E-state index is 13.2. The number of carboxylic acids is 1. The van der Waals surface area contributed by atoms with Crippen LogP contribution in [0, 0.1) is 12.8 Å². The van der Waals surface area contributed by atoms with Crippen molar-refractivity contribution in [3.8, 4) is 0 Å². The lowest BCUT2D eigenvalue weighted by molar-refractivity contribution is -0.138. The molecule has 1 fully saturated rings. The quantitative estimate of drug-likeness (QED) is 0.335. The van der Waals surface area contributed by atoms with Gasteiger partial charge < -0.3 is 20.6 Å². The highest BCUT2D eigenvalue weighted by atomic mass is 32.2. The number of aromatic nitrogens is 2. The van der Waals surface area contributed by atoms with Crippen LogP contribution in [0.25, 0.3) is 0 Å². The van der Waals surface area contributed by atoms with Crippen molar-refractivity contribution < 1.29 is 27.9 Å². The first kappa shape index (κ1) is 27.7. The zero-order chi connectivity index (χ0) is 27.3. The molecule has 0 spiro atoms. The van der Waals surface area contributed by atoms with E-state index in [9.17, 15) is 27.9 Å². The highest BCUT2D eigenvalue weighted by molar-refractivity contribution is 7.89. The van der Waals surface area contributed by atoms with Gasteiger partial charge in [0.05, 0.1) is 4.90 Å². The Balaban J connectivity index is 1.38. The molecule has 0 unspecified atom stereocenters. The summed E-state index contributed by atoms with van der Waals surface area (Å²) < 4.78 is 28.8. The van der Waals surface area contributed by atoms with Crippen molar-refractivity contribution in [3.63, 3.8) is 0 Å². The normalized spacial score (nSPS) is 17.5. The van der Waals surface area contributed by atoms with Gasteiger partial charge in [0, 0.05) is 32.2 Å². The number of carbonyl (C=O) groups excluding carboxylic acids is 2. The Morgan fingerprint density at radius 3 is 2.58 bits per heavy atom. The first-order valence-electron chi connectivity index (χ1n) is 12.8. The van der Waals surface area contributed by atoms with Gasteiger partial charge in [-0.2, -0.15) is 9.82 Å². The van der Waals surface area contributed by atoms with E-state index in [0.29, 0.717) is 37.7 Å². The van der Waals surface area contributed by atoms with Crippen LogP contribution >= 0.6 is 0 Å². The number of carbonyl (C=O) groups is 3. The fraction of sp³-hybridized carbons (Fsp3) is 0.520. The molecule has 2 aliphatic rings. The molecule has 0 aliphatic carbocycles. The van der Waals surface area contributed by atoms with Crippen molar-refractivity contribution in [2.75, 3.05) is 32.7 Å². The molecule has 2 aromatic rings. The number of sulfonamides is 1. The maximum absolute atomic E-state index is 13.2. The number of nitrogens with one attached hydrogen (secondary N) is 3. The minimum absolute atomic E-state index is 0.0286. The van der Waals surface area contributed by atoms with Gasteiger partial charge in [0.25, 0.3) is 11.8 Å². The SMILES string of the molecule is [14CH3]c1ccc(S(=O)(=O)N[C@@H](CNC(=O)c2cc3n(n2)CCCN(CCC2CCNCC2)C3=O)C(=O)O)cc1. The summed E-state index contributed by atoms with van der Waals surface area (Å²) in [5.41, 5.74) is 1.14. The fourth-order valence-electron chi connectivity index (χ4n) is 4.70. The summed E-state index contributed by atoms with van der Waals surface area (Å²) in [6.45, 7) is 5.05. The predicted molar refractivity (Wildman–Crippen MR) is 138 cm³/mol. The molecule has 12 nitrogen and oxygen atoms in total. The van der Waals surface area contributed by atoms with Crippen LogP contribution in [0.15, 0.2) is 35.2 Å². The number of hydrogen-bond acceptors (Lipinski definition) is 7. The lowest BCUT2D eigenvalue weighted by Gasteiger charge is -2.26. The summed E-state index contributed by atoms with van der Waals surface area (Å²) >= 11 is 0. The standard InChI is InChI=1S/C25H34N6O6S/c1-17-3-5-19(6-4-17)38(36,37)29-21(25(34)35)16-27-23(32)20-15-22-24(33)30(12-2-13-31(22)28-20)14-9-18-7-10-26-11-8-18/h3-6,15,18,21,26,29H,2,7-14,16H2,1H3,(H,27,32)(H,34,35)/t21-/m0/s1/i1+2. The van der Waals surface area contributed by atoms with Crippen LogP contribution in [0.1, 0.15) is 52.2 Å². The van der Waals surface area contributed by atoms with E-state index in [-0.39, 0.29) is 16.5 Å². The number of rotatable bonds is 10. The van der Waals surface area contributed by atoms with E-state index in [0.717, 1.165) is 37.9 Å². The third-order valence-electron chi connectivity index (χ3n) is 6.98. The second-order valence-corrected chi connectivity index (χ2v) is 11.5. The number of hydrogen-bond donors (Lipinski definition) is 4. The molecule has 1 atom stereocenters. The number of aryl methyl sites for hydroxylation is 2. The van der Waals surface area contributed by atoms with Crippen molar-refractivity contribution in [1.82, 2.24) is 30.0 Å². The Labute approximate surface area is 221 Å². The number of carboxylic acid groups (broad SMARTS) is 1. The summed E-state index contributed by atoms with van der Waals surface area (Å²) in [6.07, 6.45) is 3.84. The van der Waals surface area contributed by atoms with E-state index in [4.69, 9.17) is 0 Å². The second kappa shape index (κ2) is 12.0. The van der Waals surface area contributed by atoms with Gasteiger partial charge >= 0.3 is 5.97 Å². The molecule has 0 bridgehead atoms. The first-order valence-corrected chi connectivity index (χ1v) is 14.3. The number of amides is 2. The zero-order valence-corrected chi connectivity index (χ0v) is 22.2. The lowest BCUT2D eigenvalue weighted by Crippen LogP contribution is -2.48. The van der Waals surface area contributed by atoms with Gasteiger partial charge in [0.15, 0.2) is 5.69 Å². The first-order chi connectivity index (χ1) is 18.1. The molecule has 0 saturated carbocycles. The monoisotopic (exact) mass is 548 g/mol. The van der Waals surface area contributed by atoms with Crippen molar-refractivity contribution >= 4 is 27.8 Å². The number of aliphatic carboxylic acids is 1. The fourth-order valence-corrected chi connectivity index (χ4v) is 5.89. The van der Waals surface area contributed by atoms with Gasteiger partial charge in [-0.15, -0.1) is 0 Å². The molecule has 4 N–H and O–H groups in total. The van der Waals surface area contributed by atoms with Crippen LogP contribution in [0.2, 0.25) is 0 Å². The van der Waals surface area contributed by atoms with Crippen LogP contribution in [0.3, 0.4) is 0 Å². The van der Waals surface area contributed by atoms with E-state index in [1.165, 1.54) is 22.9 Å². The van der Waals surface area contributed by atoms with E-state index >= 15 is 0 Å². The molecule has 0 radical (unpaired) electrons. The molecule has 206 valence electrons. The Morgan fingerprint density at radius 2 is 1.89 bits per heavy atom. The summed E-state index contributed by atoms with van der Waals surface area (Å²) in [5, 5.41) is 19.6. The Hall–Kier alpha value is -3.29. The number of fused-ring (bicyclic) bond motifs is 1. The summed E-state index contributed by atoms with van der Waals surface area (Å²) in [5.74, 6) is -1.73. The van der Waals surface area contributed by atoms with Crippen LogP contribution < -0.4 is 15.4 Å². The van der Waals surface area contributed by atoms with Gasteiger partial charge in [0.1, 0.15) is 11.7 Å². The van der Waals surface area contributed by atoms with E-state index < -0.39 is 34.5 Å². The van der Waals surface area contributed by atoms with Crippen LogP contribution in [0.5, 0.6) is 0 Å². The molecule has 1 aromatic carbocycles. The number of nitrogens with zero attached hydrogens (tertiary/aromatic N) is 3. The number of benzene rings is 1. The molecular weight excluding hydrogens is 514 g/mol. The zero-order valence-electron chi connectivity index (χ0n) is 21.4. The molecule has 1 saturated heterocycles. The molecule has 2 aliphatic heterocycles. The highest BCUT2D eigenvalue weighted by Gasteiger charge is 2.29. The molecular formula is C25H34N6O6S. The molecule has 4 rings (SSSR count). The van der Waals surface area contributed by atoms with Crippen molar-refractivity contribution in [2.24, 2.45) is 5.92 Å². The molecule has 3 heterocycles. The Kier molecular flexibility index (Phi) is 8.80. The third kappa shape index (κ3) is 6.77. The highest BCUT2D eigenvalue weighted by Crippen LogP contribution is 2.19. The van der Waals surface area contributed by atoms with Crippen molar-refractivity contribution in [1.29, 1.82) is 0 Å². The maximum Gasteiger partial charge on any atom is 0.323 e. The predicted octanol–water partition coefficient (Wildman–Crippen LogP) is 0.589. The smallest absolute Gasteiger partial charge is 0.323 e. The van der Waals surface area contributed by atoms with Gasteiger partial charge in [-0.05, 0) is 63.7 Å². The molecule has 2 amide bonds. The topological polar surface area (TPSA) is 163 Å². The van der Waals surface area contributed by atoms with Crippen LogP contribution in [-0.4, -0.2) is 84.8 Å².